The fourth-order valence-electron chi connectivity index (χ4n) is 5.10. The molecule has 29 heavy (non-hydrogen) atoms. The molecular formula is C26H39NO2. The van der Waals surface area contributed by atoms with Gasteiger partial charge in [0.25, 0.3) is 0 Å². The van der Waals surface area contributed by atoms with Gasteiger partial charge in [-0.1, -0.05) is 60.1 Å². The molecule has 3 nitrogen and oxygen atoms in total. The van der Waals surface area contributed by atoms with Crippen LogP contribution in [0.4, 0.5) is 0 Å². The van der Waals surface area contributed by atoms with Crippen LogP contribution in [0.1, 0.15) is 56.6 Å². The first kappa shape index (κ1) is 22.3. The lowest BCUT2D eigenvalue weighted by atomic mass is 9.86. The van der Waals surface area contributed by atoms with Gasteiger partial charge in [0.1, 0.15) is 5.60 Å². The summed E-state index contributed by atoms with van der Waals surface area (Å²) in [4.78, 5) is 2.25. The molecule has 1 aromatic carbocycles. The highest BCUT2D eigenvalue weighted by atomic mass is 16.3. The lowest BCUT2D eigenvalue weighted by molar-refractivity contribution is 0.107. The van der Waals surface area contributed by atoms with E-state index < -0.39 is 5.60 Å². The van der Waals surface area contributed by atoms with E-state index in [1.165, 1.54) is 32.2 Å². The first-order chi connectivity index (χ1) is 13.8. The Hall–Kier alpha value is -1.42. The van der Waals surface area contributed by atoms with Crippen molar-refractivity contribution >= 4 is 0 Å². The summed E-state index contributed by atoms with van der Waals surface area (Å²) in [5.41, 5.74) is 2.62. The zero-order valence-corrected chi connectivity index (χ0v) is 18.6. The van der Waals surface area contributed by atoms with Crippen molar-refractivity contribution in [2.45, 2.75) is 64.1 Å². The molecule has 1 aromatic rings. The average Bonchev–Trinajstić information content (AvgIpc) is 3.16. The van der Waals surface area contributed by atoms with Crippen LogP contribution in [0.2, 0.25) is 0 Å². The third-order valence-electron chi connectivity index (χ3n) is 6.80. The Morgan fingerprint density at radius 3 is 2.72 bits per heavy atom. The number of nitrogens with zero attached hydrogens (tertiary/aromatic N) is 1. The van der Waals surface area contributed by atoms with Gasteiger partial charge in [-0.05, 0) is 84.0 Å². The van der Waals surface area contributed by atoms with E-state index in [1.807, 2.05) is 44.2 Å². The van der Waals surface area contributed by atoms with Gasteiger partial charge in [0.2, 0.25) is 0 Å². The molecule has 0 amide bonds. The summed E-state index contributed by atoms with van der Waals surface area (Å²) in [7, 11) is 4.27. The van der Waals surface area contributed by atoms with Gasteiger partial charge in [-0.15, -0.1) is 0 Å². The fraction of sp³-hybridized carbons (Fsp3) is 0.615. The van der Waals surface area contributed by atoms with Crippen LogP contribution in [0.3, 0.4) is 0 Å². The van der Waals surface area contributed by atoms with Crippen LogP contribution < -0.4 is 0 Å². The Morgan fingerprint density at radius 2 is 2.00 bits per heavy atom. The summed E-state index contributed by atoms with van der Waals surface area (Å²) in [5.74, 6) is 1.13. The van der Waals surface area contributed by atoms with Crippen molar-refractivity contribution in [2.24, 2.45) is 17.8 Å². The maximum Gasteiger partial charge on any atom is 0.105 e. The average molecular weight is 398 g/mol. The zero-order chi connectivity index (χ0) is 21.0. The molecule has 1 fully saturated rings. The van der Waals surface area contributed by atoms with Crippen LogP contribution in [0.15, 0.2) is 48.1 Å². The number of rotatable bonds is 9. The molecule has 0 radical (unpaired) electrons. The Labute approximate surface area is 177 Å². The van der Waals surface area contributed by atoms with Gasteiger partial charge in [0.15, 0.2) is 0 Å². The summed E-state index contributed by atoms with van der Waals surface area (Å²) in [6, 6.07) is 8.03. The second-order valence-corrected chi connectivity index (χ2v) is 9.73. The fourth-order valence-corrected chi connectivity index (χ4v) is 5.10. The van der Waals surface area contributed by atoms with Gasteiger partial charge >= 0.3 is 0 Å². The molecule has 0 saturated heterocycles. The molecule has 0 aliphatic heterocycles. The highest BCUT2D eigenvalue weighted by Gasteiger charge is 2.43. The first-order valence-electron chi connectivity index (χ1n) is 11.3. The predicted octanol–water partition coefficient (Wildman–Crippen LogP) is 4.82. The Morgan fingerprint density at radius 1 is 1.21 bits per heavy atom. The summed E-state index contributed by atoms with van der Waals surface area (Å²) in [6.07, 6.45) is 13.1. The number of hydrogen-bond acceptors (Lipinski definition) is 3. The summed E-state index contributed by atoms with van der Waals surface area (Å²) < 4.78 is 0. The minimum atomic E-state index is -1.01. The van der Waals surface area contributed by atoms with Crippen LogP contribution in [0, 0.1) is 24.7 Å². The zero-order valence-electron chi connectivity index (χ0n) is 18.6. The van der Waals surface area contributed by atoms with Crippen LogP contribution in [0.25, 0.3) is 0 Å². The molecule has 160 valence electrons. The number of unbranched alkanes of at least 4 members (excludes halogenated alkanes) is 2. The van der Waals surface area contributed by atoms with Gasteiger partial charge < -0.3 is 15.1 Å². The van der Waals surface area contributed by atoms with Crippen LogP contribution in [-0.4, -0.2) is 41.9 Å². The molecule has 2 N–H and O–H groups in total. The molecule has 0 unspecified atom stereocenters. The van der Waals surface area contributed by atoms with E-state index in [0.29, 0.717) is 11.8 Å². The van der Waals surface area contributed by atoms with Crippen molar-refractivity contribution in [3.8, 4) is 0 Å². The molecule has 0 bridgehead atoms. The Balaban J connectivity index is 1.56. The summed E-state index contributed by atoms with van der Waals surface area (Å²) >= 11 is 0. The monoisotopic (exact) mass is 397 g/mol. The van der Waals surface area contributed by atoms with E-state index in [2.05, 4.69) is 31.1 Å². The smallest absolute Gasteiger partial charge is 0.105 e. The second-order valence-electron chi connectivity index (χ2n) is 9.73. The van der Waals surface area contributed by atoms with Crippen molar-refractivity contribution in [3.63, 3.8) is 0 Å². The van der Waals surface area contributed by atoms with E-state index in [0.717, 1.165) is 24.0 Å². The van der Waals surface area contributed by atoms with E-state index in [9.17, 15) is 10.2 Å². The third kappa shape index (κ3) is 5.81. The van der Waals surface area contributed by atoms with E-state index >= 15 is 0 Å². The summed E-state index contributed by atoms with van der Waals surface area (Å²) in [6.45, 7) is 5.05. The second kappa shape index (κ2) is 9.59. The number of allylic oxidation sites excluding steroid dienone is 2. The number of aliphatic hydroxyl groups excluding tert-OH is 1. The molecule has 0 heterocycles. The maximum absolute atomic E-state index is 11.0. The molecule has 0 aromatic heterocycles. The number of hydrogen-bond donors (Lipinski definition) is 2. The lowest BCUT2D eigenvalue weighted by Gasteiger charge is -2.23. The normalized spacial score (nSPS) is 28.7. The van der Waals surface area contributed by atoms with Crippen molar-refractivity contribution in [1.29, 1.82) is 0 Å². The number of aliphatic hydroxyl groups is 2. The molecule has 3 heteroatoms. The first-order valence-corrected chi connectivity index (χ1v) is 11.3. The molecule has 2 aliphatic rings. The maximum atomic E-state index is 11.0. The van der Waals surface area contributed by atoms with Crippen molar-refractivity contribution < 1.29 is 10.2 Å². The molecule has 1 saturated carbocycles. The van der Waals surface area contributed by atoms with Crippen molar-refractivity contribution in [2.75, 3.05) is 20.6 Å². The largest absolute Gasteiger partial charge is 0.392 e. The Kier molecular flexibility index (Phi) is 7.37. The van der Waals surface area contributed by atoms with Gasteiger partial charge in [-0.2, -0.15) is 0 Å². The Bertz CT molecular complexity index is 734. The van der Waals surface area contributed by atoms with Crippen LogP contribution >= 0.6 is 0 Å². The minimum Gasteiger partial charge on any atom is -0.392 e. The SMILES string of the molecule is Cc1cccc([C@](C)(O)C=C[C@@H]2[C@H]3CC(CCCCCN(C)C)=C[C@H]3C[C@H]2O)c1. The van der Waals surface area contributed by atoms with Crippen LogP contribution in [-0.2, 0) is 5.60 Å². The topological polar surface area (TPSA) is 43.7 Å². The van der Waals surface area contributed by atoms with Crippen LogP contribution in [0.5, 0.6) is 0 Å². The van der Waals surface area contributed by atoms with E-state index in [-0.39, 0.29) is 12.0 Å². The molecule has 5 atom stereocenters. The van der Waals surface area contributed by atoms with E-state index in [1.54, 1.807) is 5.57 Å². The summed E-state index contributed by atoms with van der Waals surface area (Å²) in [5, 5.41) is 21.6. The highest BCUT2D eigenvalue weighted by molar-refractivity contribution is 5.31. The number of benzene rings is 1. The van der Waals surface area contributed by atoms with Crippen molar-refractivity contribution in [3.05, 3.63) is 59.2 Å². The highest BCUT2D eigenvalue weighted by Crippen LogP contribution is 2.48. The number of aryl methyl sites for hydroxylation is 1. The van der Waals surface area contributed by atoms with Gasteiger partial charge in [-0.25, -0.2) is 0 Å². The lowest BCUT2D eigenvalue weighted by Crippen LogP contribution is -2.21. The minimum absolute atomic E-state index is 0.138. The van der Waals surface area contributed by atoms with Gasteiger partial charge in [0, 0.05) is 5.92 Å². The van der Waals surface area contributed by atoms with Crippen molar-refractivity contribution in [1.82, 2.24) is 4.90 Å². The third-order valence-corrected chi connectivity index (χ3v) is 6.80. The number of fused-ring (bicyclic) bond motifs is 1. The van der Waals surface area contributed by atoms with E-state index in [4.69, 9.17) is 0 Å². The molecule has 0 spiro atoms. The standard InChI is InChI=1S/C26H39NO2/c1-19-9-8-11-22(15-19)26(2,29)13-12-23-24-17-20(16-21(24)18-25(23)28)10-6-5-7-14-27(3)4/h8-9,11-13,15-16,21,23-25,28-29H,5-7,10,14,17-18H2,1-4H3/t21-,23+,24-,25+,26+/m0/s1. The predicted molar refractivity (Wildman–Crippen MR) is 121 cm³/mol. The quantitative estimate of drug-likeness (QED) is 0.464. The molecule has 2 aliphatic carbocycles. The molecule has 3 rings (SSSR count). The van der Waals surface area contributed by atoms with Gasteiger partial charge in [-0.3, -0.25) is 0 Å². The van der Waals surface area contributed by atoms with Gasteiger partial charge in [0.05, 0.1) is 6.10 Å². The molecular weight excluding hydrogens is 358 g/mol.